The van der Waals surface area contributed by atoms with Crippen LogP contribution < -0.4 is 0 Å². The molecule has 0 N–H and O–H groups in total. The average molecular weight is 377 g/mol. The zero-order valence-electron chi connectivity index (χ0n) is 14.5. The molecule has 0 bridgehead atoms. The maximum absolute atomic E-state index is 12.7. The Labute approximate surface area is 148 Å². The van der Waals surface area contributed by atoms with Crippen molar-refractivity contribution in [3.8, 4) is 0 Å². The molecular weight excluding hydrogens is 355 g/mol. The van der Waals surface area contributed by atoms with Crippen LogP contribution >= 0.6 is 11.3 Å². The normalized spacial score (nSPS) is 18.0. The summed E-state index contributed by atoms with van der Waals surface area (Å²) in [4.78, 5) is 30.2. The zero-order chi connectivity index (χ0) is 18.8. The van der Waals surface area contributed by atoms with Crippen LogP contribution in [-0.2, 0) is 16.0 Å². The molecule has 0 spiro atoms. The Balaban J connectivity index is 2.05. The number of alkyl halides is 3. The Morgan fingerprint density at radius 2 is 2.12 bits per heavy atom. The molecule has 2 amide bonds. The minimum Gasteiger partial charge on any atom is -0.340 e. The molecule has 1 aliphatic rings. The highest BCUT2D eigenvalue weighted by molar-refractivity contribution is 7.09. The summed E-state index contributed by atoms with van der Waals surface area (Å²) in [5.41, 5.74) is 0.508. The van der Waals surface area contributed by atoms with Gasteiger partial charge in [-0.15, -0.1) is 11.3 Å². The van der Waals surface area contributed by atoms with Crippen molar-refractivity contribution in [1.82, 2.24) is 14.8 Å². The standard InChI is InChI=1S/C16H22F3N3O2S/c1-10(2)21(11(3)23)8-6-14-20-12(9-25-14)13-5-4-7-22(13)15(24)16(17,18)19/h9-10,13H,4-8H2,1-3H3/t13-/m1/s1. The van der Waals surface area contributed by atoms with E-state index in [0.29, 0.717) is 31.5 Å². The molecule has 0 unspecified atom stereocenters. The largest absolute Gasteiger partial charge is 0.471 e. The fraction of sp³-hybridized carbons (Fsp3) is 0.688. The second-order valence-corrected chi connectivity index (χ2v) is 7.32. The van der Waals surface area contributed by atoms with Gasteiger partial charge >= 0.3 is 12.1 Å². The minimum absolute atomic E-state index is 0.0236. The molecule has 9 heteroatoms. The lowest BCUT2D eigenvalue weighted by Crippen LogP contribution is -2.40. The molecule has 0 saturated carbocycles. The number of thiazole rings is 1. The summed E-state index contributed by atoms with van der Waals surface area (Å²) in [6.07, 6.45) is -3.30. The fourth-order valence-electron chi connectivity index (χ4n) is 3.07. The summed E-state index contributed by atoms with van der Waals surface area (Å²) < 4.78 is 38.1. The molecule has 1 aromatic rings. The zero-order valence-corrected chi connectivity index (χ0v) is 15.3. The molecule has 0 radical (unpaired) electrons. The topological polar surface area (TPSA) is 53.5 Å². The van der Waals surface area contributed by atoms with Gasteiger partial charge < -0.3 is 9.80 Å². The number of likely N-dealkylation sites (tertiary alicyclic amines) is 1. The SMILES string of the molecule is CC(=O)N(CCc1nc([C@H]2CCCN2C(=O)C(F)(F)F)cs1)C(C)C. The van der Waals surface area contributed by atoms with Crippen LogP contribution in [0.4, 0.5) is 13.2 Å². The summed E-state index contributed by atoms with van der Waals surface area (Å²) in [7, 11) is 0. The summed E-state index contributed by atoms with van der Waals surface area (Å²) >= 11 is 1.35. The van der Waals surface area contributed by atoms with Gasteiger partial charge in [-0.3, -0.25) is 9.59 Å². The number of hydrogen-bond donors (Lipinski definition) is 0. The van der Waals surface area contributed by atoms with Gasteiger partial charge in [0, 0.05) is 37.9 Å². The van der Waals surface area contributed by atoms with Crippen LogP contribution in [0.25, 0.3) is 0 Å². The lowest BCUT2D eigenvalue weighted by atomic mass is 10.1. The molecule has 1 atom stereocenters. The Bertz CT molecular complexity index is 630. The Morgan fingerprint density at radius 1 is 1.44 bits per heavy atom. The second kappa shape index (κ2) is 7.72. The number of carbonyl (C=O) groups is 2. The first-order valence-electron chi connectivity index (χ1n) is 8.20. The summed E-state index contributed by atoms with van der Waals surface area (Å²) in [5.74, 6) is -1.82. The fourth-order valence-corrected chi connectivity index (χ4v) is 3.90. The van der Waals surface area contributed by atoms with Gasteiger partial charge in [-0.05, 0) is 26.7 Å². The van der Waals surface area contributed by atoms with Crippen LogP contribution in [0.15, 0.2) is 5.38 Å². The summed E-state index contributed by atoms with van der Waals surface area (Å²) in [6, 6.07) is -0.542. The van der Waals surface area contributed by atoms with E-state index >= 15 is 0 Å². The van der Waals surface area contributed by atoms with Crippen molar-refractivity contribution >= 4 is 23.2 Å². The number of aromatic nitrogens is 1. The van der Waals surface area contributed by atoms with Gasteiger partial charge in [0.1, 0.15) is 0 Å². The predicted molar refractivity (Wildman–Crippen MR) is 88.1 cm³/mol. The van der Waals surface area contributed by atoms with Crippen LogP contribution in [0.5, 0.6) is 0 Å². The van der Waals surface area contributed by atoms with Crippen molar-refractivity contribution in [3.63, 3.8) is 0 Å². The first-order valence-corrected chi connectivity index (χ1v) is 9.08. The van der Waals surface area contributed by atoms with Crippen molar-refractivity contribution in [2.24, 2.45) is 0 Å². The monoisotopic (exact) mass is 377 g/mol. The lowest BCUT2D eigenvalue weighted by molar-refractivity contribution is -0.186. The van der Waals surface area contributed by atoms with Gasteiger partial charge in [-0.2, -0.15) is 13.2 Å². The predicted octanol–water partition coefficient (Wildman–Crippen LogP) is 3.17. The molecule has 0 aromatic carbocycles. The summed E-state index contributed by atoms with van der Waals surface area (Å²) in [6.45, 7) is 5.96. The number of hydrogen-bond acceptors (Lipinski definition) is 4. The molecule has 1 saturated heterocycles. The number of nitrogens with zero attached hydrogens (tertiary/aromatic N) is 3. The van der Waals surface area contributed by atoms with Crippen LogP contribution in [0.3, 0.4) is 0 Å². The van der Waals surface area contributed by atoms with Crippen LogP contribution in [0, 0.1) is 0 Å². The van der Waals surface area contributed by atoms with Crippen molar-refractivity contribution in [3.05, 3.63) is 16.1 Å². The second-order valence-electron chi connectivity index (χ2n) is 6.38. The third kappa shape index (κ3) is 4.71. The third-order valence-electron chi connectivity index (χ3n) is 4.26. The molecule has 140 valence electrons. The van der Waals surface area contributed by atoms with E-state index < -0.39 is 18.1 Å². The highest BCUT2D eigenvalue weighted by Gasteiger charge is 2.46. The lowest BCUT2D eigenvalue weighted by Gasteiger charge is -2.25. The van der Waals surface area contributed by atoms with E-state index in [2.05, 4.69) is 4.98 Å². The van der Waals surface area contributed by atoms with E-state index in [1.807, 2.05) is 13.8 Å². The first kappa shape index (κ1) is 19.7. The molecule has 1 fully saturated rings. The van der Waals surface area contributed by atoms with E-state index in [0.717, 1.165) is 9.91 Å². The third-order valence-corrected chi connectivity index (χ3v) is 5.19. The number of carbonyl (C=O) groups excluding carboxylic acids is 2. The molecular formula is C16H22F3N3O2S. The molecule has 1 aromatic heterocycles. The summed E-state index contributed by atoms with van der Waals surface area (Å²) in [5, 5.41) is 2.48. The van der Waals surface area contributed by atoms with Gasteiger partial charge in [-0.25, -0.2) is 4.98 Å². The van der Waals surface area contributed by atoms with Crippen LogP contribution in [-0.4, -0.2) is 51.9 Å². The van der Waals surface area contributed by atoms with Crippen LogP contribution in [0.1, 0.15) is 50.4 Å². The van der Waals surface area contributed by atoms with Gasteiger partial charge in [0.25, 0.3) is 0 Å². The Hall–Kier alpha value is -1.64. The molecule has 2 rings (SSSR count). The van der Waals surface area contributed by atoms with Crippen molar-refractivity contribution in [1.29, 1.82) is 0 Å². The quantitative estimate of drug-likeness (QED) is 0.792. The van der Waals surface area contributed by atoms with E-state index in [1.54, 1.807) is 10.3 Å². The maximum Gasteiger partial charge on any atom is 0.471 e. The molecule has 0 aliphatic carbocycles. The number of amides is 2. The van der Waals surface area contributed by atoms with E-state index in [4.69, 9.17) is 0 Å². The smallest absolute Gasteiger partial charge is 0.340 e. The van der Waals surface area contributed by atoms with Crippen LogP contribution in [0.2, 0.25) is 0 Å². The van der Waals surface area contributed by atoms with Crippen molar-refractivity contribution in [2.45, 2.75) is 58.3 Å². The molecule has 25 heavy (non-hydrogen) atoms. The molecule has 2 heterocycles. The Morgan fingerprint density at radius 3 is 2.68 bits per heavy atom. The van der Waals surface area contributed by atoms with Crippen molar-refractivity contribution in [2.75, 3.05) is 13.1 Å². The van der Waals surface area contributed by atoms with Gasteiger partial charge in [0.15, 0.2) is 0 Å². The van der Waals surface area contributed by atoms with Crippen molar-refractivity contribution < 1.29 is 22.8 Å². The van der Waals surface area contributed by atoms with Gasteiger partial charge in [0.2, 0.25) is 5.91 Å². The first-order chi connectivity index (χ1) is 11.6. The molecule has 1 aliphatic heterocycles. The molecule has 5 nitrogen and oxygen atoms in total. The van der Waals surface area contributed by atoms with E-state index in [-0.39, 0.29) is 18.5 Å². The number of rotatable bonds is 5. The van der Waals surface area contributed by atoms with E-state index in [9.17, 15) is 22.8 Å². The number of halogens is 3. The van der Waals surface area contributed by atoms with E-state index in [1.165, 1.54) is 18.3 Å². The highest BCUT2D eigenvalue weighted by Crippen LogP contribution is 2.35. The average Bonchev–Trinajstić information content (AvgIpc) is 3.13. The van der Waals surface area contributed by atoms with Gasteiger partial charge in [-0.1, -0.05) is 0 Å². The minimum atomic E-state index is -4.86. The van der Waals surface area contributed by atoms with Gasteiger partial charge in [0.05, 0.1) is 16.7 Å². The Kier molecular flexibility index (Phi) is 6.08. The highest BCUT2D eigenvalue weighted by atomic mass is 32.1. The maximum atomic E-state index is 12.7.